The first-order chi connectivity index (χ1) is 15.6. The summed E-state index contributed by atoms with van der Waals surface area (Å²) in [6.45, 7) is 6.01. The summed E-state index contributed by atoms with van der Waals surface area (Å²) in [5.41, 5.74) is 0.668. The van der Waals surface area contributed by atoms with Gasteiger partial charge in [0, 0.05) is 41.3 Å². The number of amides is 2. The number of carbonyl (C=O) groups is 2. The van der Waals surface area contributed by atoms with Crippen LogP contribution in [0.15, 0.2) is 36.4 Å². The second-order valence-electron chi connectivity index (χ2n) is 7.91. The smallest absolute Gasteiger partial charge is 0.261 e. The number of benzene rings is 2. The summed E-state index contributed by atoms with van der Waals surface area (Å²) in [5.74, 6) is 1.11. The van der Waals surface area contributed by atoms with Crippen molar-refractivity contribution in [1.29, 1.82) is 0 Å². The van der Waals surface area contributed by atoms with Crippen LogP contribution in [0, 0.1) is 5.92 Å². The van der Waals surface area contributed by atoms with E-state index in [1.54, 1.807) is 43.3 Å². The second-order valence-corrected chi connectivity index (χ2v) is 8.75. The fourth-order valence-corrected chi connectivity index (χ4v) is 3.43. The van der Waals surface area contributed by atoms with Crippen molar-refractivity contribution >= 4 is 35.0 Å². The Morgan fingerprint density at radius 3 is 2.12 bits per heavy atom. The van der Waals surface area contributed by atoms with Crippen LogP contribution in [0.2, 0.25) is 10.0 Å². The average Bonchev–Trinajstić information content (AvgIpc) is 2.79. The molecule has 7 nitrogen and oxygen atoms in total. The van der Waals surface area contributed by atoms with Gasteiger partial charge in [0.15, 0.2) is 6.61 Å². The molecule has 0 heterocycles. The number of ether oxygens (including phenoxy) is 3. The molecule has 0 aliphatic carbocycles. The molecular weight excluding hydrogens is 467 g/mol. The van der Waals surface area contributed by atoms with Crippen LogP contribution in [0.5, 0.6) is 17.2 Å². The van der Waals surface area contributed by atoms with Gasteiger partial charge < -0.3 is 24.4 Å². The van der Waals surface area contributed by atoms with Gasteiger partial charge >= 0.3 is 0 Å². The van der Waals surface area contributed by atoms with E-state index in [2.05, 4.69) is 5.32 Å². The van der Waals surface area contributed by atoms with Crippen LogP contribution in [0.3, 0.4) is 0 Å². The Balaban J connectivity index is 2.22. The number of hydrogen-bond donors (Lipinski definition) is 1. The molecule has 1 atom stereocenters. The van der Waals surface area contributed by atoms with Crippen molar-refractivity contribution in [3.63, 3.8) is 0 Å². The van der Waals surface area contributed by atoms with E-state index in [1.165, 1.54) is 19.1 Å². The topological polar surface area (TPSA) is 77.1 Å². The van der Waals surface area contributed by atoms with E-state index in [4.69, 9.17) is 37.4 Å². The number of nitrogens with zero attached hydrogens (tertiary/aromatic N) is 1. The highest BCUT2D eigenvalue weighted by molar-refractivity contribution is 6.35. The van der Waals surface area contributed by atoms with Gasteiger partial charge in [0.25, 0.3) is 5.91 Å². The Hall–Kier alpha value is -2.64. The standard InChI is InChI=1S/C24H30Cl2N2O5/c1-15(2)12-27-24(30)16(3)28(13-17-6-7-18(25)8-22(17)26)23(29)14-33-21-10-19(31-4)9-20(11-21)32-5/h6-11,15-16H,12-14H2,1-5H3,(H,27,30). The molecule has 9 heteroatoms. The van der Waals surface area contributed by atoms with Crippen LogP contribution in [0.4, 0.5) is 0 Å². The number of rotatable bonds is 11. The largest absolute Gasteiger partial charge is 0.496 e. The fourth-order valence-electron chi connectivity index (χ4n) is 2.96. The molecule has 0 bridgehead atoms. The summed E-state index contributed by atoms with van der Waals surface area (Å²) in [5, 5.41) is 3.77. The lowest BCUT2D eigenvalue weighted by molar-refractivity contribution is -0.142. The van der Waals surface area contributed by atoms with Crippen molar-refractivity contribution in [1.82, 2.24) is 10.2 Å². The fraction of sp³-hybridized carbons (Fsp3) is 0.417. The molecule has 2 rings (SSSR count). The highest BCUT2D eigenvalue weighted by Crippen LogP contribution is 2.28. The lowest BCUT2D eigenvalue weighted by Crippen LogP contribution is -2.49. The van der Waals surface area contributed by atoms with Crippen molar-refractivity contribution in [2.75, 3.05) is 27.4 Å². The first kappa shape index (κ1) is 26.6. The molecule has 0 saturated heterocycles. The van der Waals surface area contributed by atoms with Gasteiger partial charge in [-0.15, -0.1) is 0 Å². The predicted octanol–water partition coefficient (Wildman–Crippen LogP) is 4.58. The summed E-state index contributed by atoms with van der Waals surface area (Å²) >= 11 is 12.3. The van der Waals surface area contributed by atoms with Gasteiger partial charge in [0.1, 0.15) is 23.3 Å². The first-order valence-corrected chi connectivity index (χ1v) is 11.3. The Morgan fingerprint density at radius 1 is 0.970 bits per heavy atom. The highest BCUT2D eigenvalue weighted by atomic mass is 35.5. The molecule has 0 aromatic heterocycles. The van der Waals surface area contributed by atoms with E-state index in [0.29, 0.717) is 39.4 Å². The summed E-state index contributed by atoms with van der Waals surface area (Å²) in [7, 11) is 3.05. The quantitative estimate of drug-likeness (QED) is 0.492. The minimum atomic E-state index is -0.744. The van der Waals surface area contributed by atoms with E-state index in [0.717, 1.165) is 0 Å². The molecule has 180 valence electrons. The maximum Gasteiger partial charge on any atom is 0.261 e. The SMILES string of the molecule is COc1cc(OC)cc(OCC(=O)N(Cc2ccc(Cl)cc2Cl)C(C)C(=O)NCC(C)C)c1. The zero-order valence-electron chi connectivity index (χ0n) is 19.5. The molecule has 0 spiro atoms. The van der Waals surface area contributed by atoms with Gasteiger partial charge in [0.05, 0.1) is 14.2 Å². The minimum Gasteiger partial charge on any atom is -0.496 e. The molecule has 0 saturated carbocycles. The summed E-state index contributed by atoms with van der Waals surface area (Å²) < 4.78 is 16.2. The van der Waals surface area contributed by atoms with Crippen molar-refractivity contribution < 1.29 is 23.8 Å². The van der Waals surface area contributed by atoms with Crippen LogP contribution >= 0.6 is 23.2 Å². The minimum absolute atomic E-state index is 0.121. The van der Waals surface area contributed by atoms with Crippen molar-refractivity contribution in [3.8, 4) is 17.2 Å². The van der Waals surface area contributed by atoms with Gasteiger partial charge in [-0.2, -0.15) is 0 Å². The molecule has 1 unspecified atom stereocenters. The van der Waals surface area contributed by atoms with Crippen molar-refractivity contribution in [2.45, 2.75) is 33.4 Å². The molecule has 0 aliphatic rings. The number of halogens is 2. The Bertz CT molecular complexity index is 946. The molecule has 0 fully saturated rings. The maximum absolute atomic E-state index is 13.2. The highest BCUT2D eigenvalue weighted by Gasteiger charge is 2.27. The maximum atomic E-state index is 13.2. The summed E-state index contributed by atoms with van der Waals surface area (Å²) in [6, 6.07) is 9.27. The zero-order valence-corrected chi connectivity index (χ0v) is 21.0. The molecule has 2 aromatic carbocycles. The lowest BCUT2D eigenvalue weighted by atomic mass is 10.1. The van der Waals surface area contributed by atoms with E-state index in [1.807, 2.05) is 13.8 Å². The van der Waals surface area contributed by atoms with E-state index in [-0.39, 0.29) is 30.9 Å². The third-order valence-electron chi connectivity index (χ3n) is 4.89. The van der Waals surface area contributed by atoms with Crippen LogP contribution in [-0.2, 0) is 16.1 Å². The Kier molecular flexibility index (Phi) is 10.1. The van der Waals surface area contributed by atoms with Gasteiger partial charge in [-0.3, -0.25) is 9.59 Å². The van der Waals surface area contributed by atoms with Crippen molar-refractivity contribution in [3.05, 3.63) is 52.0 Å². The molecular formula is C24H30Cl2N2O5. The Morgan fingerprint density at radius 2 is 1.58 bits per heavy atom. The number of carbonyl (C=O) groups excluding carboxylic acids is 2. The van der Waals surface area contributed by atoms with Crippen LogP contribution < -0.4 is 19.5 Å². The van der Waals surface area contributed by atoms with Crippen LogP contribution in [-0.4, -0.2) is 50.1 Å². The lowest BCUT2D eigenvalue weighted by Gasteiger charge is -2.29. The number of nitrogens with one attached hydrogen (secondary N) is 1. The molecule has 33 heavy (non-hydrogen) atoms. The third-order valence-corrected chi connectivity index (χ3v) is 5.48. The average molecular weight is 497 g/mol. The Labute approximate surface area is 204 Å². The van der Waals surface area contributed by atoms with E-state index in [9.17, 15) is 9.59 Å². The van der Waals surface area contributed by atoms with Gasteiger partial charge in [-0.1, -0.05) is 43.1 Å². The molecule has 1 N–H and O–H groups in total. The summed E-state index contributed by atoms with van der Waals surface area (Å²) in [4.78, 5) is 27.3. The predicted molar refractivity (Wildman–Crippen MR) is 129 cm³/mol. The number of methoxy groups -OCH3 is 2. The van der Waals surface area contributed by atoms with Gasteiger partial charge in [0.2, 0.25) is 5.91 Å². The zero-order chi connectivity index (χ0) is 24.5. The van der Waals surface area contributed by atoms with E-state index < -0.39 is 6.04 Å². The van der Waals surface area contributed by atoms with Crippen molar-refractivity contribution in [2.24, 2.45) is 5.92 Å². The second kappa shape index (κ2) is 12.6. The van der Waals surface area contributed by atoms with E-state index >= 15 is 0 Å². The number of hydrogen-bond acceptors (Lipinski definition) is 5. The molecule has 0 aliphatic heterocycles. The molecule has 0 radical (unpaired) electrons. The summed E-state index contributed by atoms with van der Waals surface area (Å²) in [6.07, 6.45) is 0. The van der Waals surface area contributed by atoms with Crippen LogP contribution in [0.25, 0.3) is 0 Å². The van der Waals surface area contributed by atoms with Gasteiger partial charge in [-0.25, -0.2) is 0 Å². The van der Waals surface area contributed by atoms with Gasteiger partial charge in [-0.05, 0) is 30.5 Å². The molecule has 2 amide bonds. The monoisotopic (exact) mass is 496 g/mol. The van der Waals surface area contributed by atoms with Crippen LogP contribution in [0.1, 0.15) is 26.3 Å². The molecule has 2 aromatic rings. The third kappa shape index (κ3) is 8.02. The normalized spacial score (nSPS) is 11.6. The first-order valence-electron chi connectivity index (χ1n) is 10.5.